The summed E-state index contributed by atoms with van der Waals surface area (Å²) in [4.78, 5) is 11.3. The zero-order chi connectivity index (χ0) is 11.8. The van der Waals surface area contributed by atoms with Gasteiger partial charge in [-0.25, -0.2) is 4.79 Å². The molecule has 1 aromatic carbocycles. The van der Waals surface area contributed by atoms with Crippen LogP contribution in [0.4, 0.5) is 0 Å². The van der Waals surface area contributed by atoms with Crippen molar-refractivity contribution in [3.05, 3.63) is 35.9 Å². The molecule has 0 aliphatic heterocycles. The lowest BCUT2D eigenvalue weighted by molar-refractivity contribution is -0.153. The number of hydrogen-bond donors (Lipinski definition) is 1. The Bertz CT molecular complexity index is 308. The predicted octanol–water partition coefficient (Wildman–Crippen LogP) is 1.93. The molecule has 0 heterocycles. The van der Waals surface area contributed by atoms with Crippen LogP contribution in [0.3, 0.4) is 0 Å². The zero-order valence-corrected chi connectivity index (χ0v) is 9.56. The third kappa shape index (κ3) is 4.45. The summed E-state index contributed by atoms with van der Waals surface area (Å²) in [6.07, 6.45) is 0.860. The van der Waals surface area contributed by atoms with Gasteiger partial charge in [0, 0.05) is 0 Å². The molecule has 16 heavy (non-hydrogen) atoms. The van der Waals surface area contributed by atoms with Crippen LogP contribution in [0.25, 0.3) is 0 Å². The second kappa shape index (κ2) is 7.01. The molecular formula is C13H18O3. The second-order valence-corrected chi connectivity index (χ2v) is 3.71. The minimum Gasteiger partial charge on any atom is -0.464 e. The summed E-state index contributed by atoms with van der Waals surface area (Å²) in [6, 6.07) is 9.78. The molecule has 1 aromatic rings. The number of rotatable bonds is 6. The van der Waals surface area contributed by atoms with Gasteiger partial charge in [-0.1, -0.05) is 37.3 Å². The smallest absolute Gasteiger partial charge is 0.334 e. The van der Waals surface area contributed by atoms with Gasteiger partial charge in [-0.2, -0.15) is 0 Å². The Morgan fingerprint density at radius 1 is 1.38 bits per heavy atom. The lowest BCUT2D eigenvalue weighted by Gasteiger charge is -2.09. The van der Waals surface area contributed by atoms with Crippen molar-refractivity contribution in [2.24, 2.45) is 0 Å². The number of esters is 1. The zero-order valence-electron chi connectivity index (χ0n) is 9.56. The number of aryl methyl sites for hydroxylation is 1. The fourth-order valence-corrected chi connectivity index (χ4v) is 1.36. The van der Waals surface area contributed by atoms with Gasteiger partial charge in [0.2, 0.25) is 0 Å². The van der Waals surface area contributed by atoms with E-state index in [0.717, 1.165) is 12.0 Å². The number of benzene rings is 1. The monoisotopic (exact) mass is 222 g/mol. The second-order valence-electron chi connectivity index (χ2n) is 3.71. The molecule has 3 nitrogen and oxygen atoms in total. The summed E-state index contributed by atoms with van der Waals surface area (Å²) in [5.41, 5.74) is 1.12. The van der Waals surface area contributed by atoms with Gasteiger partial charge in [-0.05, 0) is 24.8 Å². The Morgan fingerprint density at radius 2 is 2.06 bits per heavy atom. The topological polar surface area (TPSA) is 46.5 Å². The van der Waals surface area contributed by atoms with Gasteiger partial charge < -0.3 is 9.84 Å². The van der Waals surface area contributed by atoms with Gasteiger partial charge >= 0.3 is 5.97 Å². The first-order valence-electron chi connectivity index (χ1n) is 5.62. The average molecular weight is 222 g/mol. The van der Waals surface area contributed by atoms with E-state index >= 15 is 0 Å². The summed E-state index contributed by atoms with van der Waals surface area (Å²) in [5.74, 6) is -0.516. The van der Waals surface area contributed by atoms with Gasteiger partial charge in [0.05, 0.1) is 6.61 Å². The minimum atomic E-state index is -1.01. The summed E-state index contributed by atoms with van der Waals surface area (Å²) >= 11 is 0. The molecule has 0 radical (unpaired) electrons. The van der Waals surface area contributed by atoms with E-state index in [4.69, 9.17) is 4.74 Å². The summed E-state index contributed by atoms with van der Waals surface area (Å²) in [6.45, 7) is 2.30. The van der Waals surface area contributed by atoms with Gasteiger partial charge in [0.1, 0.15) is 0 Å². The van der Waals surface area contributed by atoms with Crippen molar-refractivity contribution in [1.82, 2.24) is 0 Å². The first-order valence-corrected chi connectivity index (χ1v) is 5.62. The van der Waals surface area contributed by atoms with E-state index in [-0.39, 0.29) is 0 Å². The largest absolute Gasteiger partial charge is 0.464 e. The number of aliphatic hydroxyl groups excluding tert-OH is 1. The van der Waals surface area contributed by atoms with Crippen molar-refractivity contribution in [2.75, 3.05) is 6.61 Å². The van der Waals surface area contributed by atoms with Gasteiger partial charge in [-0.15, -0.1) is 0 Å². The van der Waals surface area contributed by atoms with E-state index in [2.05, 4.69) is 0 Å². The van der Waals surface area contributed by atoms with Crippen molar-refractivity contribution in [2.45, 2.75) is 32.3 Å². The van der Waals surface area contributed by atoms with Crippen LogP contribution in [0, 0.1) is 0 Å². The maximum Gasteiger partial charge on any atom is 0.334 e. The standard InChI is InChI=1S/C13H18O3/c1-2-10-16-13(15)12(14)9-8-11-6-4-3-5-7-11/h3-7,12,14H,2,8-10H2,1H3/t12-/m0/s1. The Hall–Kier alpha value is -1.35. The van der Waals surface area contributed by atoms with Crippen molar-refractivity contribution in [1.29, 1.82) is 0 Å². The van der Waals surface area contributed by atoms with Crippen LogP contribution in [-0.2, 0) is 16.0 Å². The lowest BCUT2D eigenvalue weighted by atomic mass is 10.1. The van der Waals surface area contributed by atoms with Crippen LogP contribution in [0.5, 0.6) is 0 Å². The molecule has 1 N–H and O–H groups in total. The molecule has 1 rings (SSSR count). The number of carbonyl (C=O) groups excluding carboxylic acids is 1. The molecule has 3 heteroatoms. The maximum absolute atomic E-state index is 11.3. The molecule has 1 atom stereocenters. The number of ether oxygens (including phenoxy) is 1. The third-order valence-corrected chi connectivity index (χ3v) is 2.27. The van der Waals surface area contributed by atoms with E-state index in [1.807, 2.05) is 37.3 Å². The average Bonchev–Trinajstić information content (AvgIpc) is 2.34. The molecule has 0 aliphatic rings. The van der Waals surface area contributed by atoms with Crippen LogP contribution in [0.1, 0.15) is 25.3 Å². The van der Waals surface area contributed by atoms with Gasteiger partial charge in [0.25, 0.3) is 0 Å². The Labute approximate surface area is 96.1 Å². The highest BCUT2D eigenvalue weighted by atomic mass is 16.5. The normalized spacial score (nSPS) is 12.1. The van der Waals surface area contributed by atoms with E-state index in [9.17, 15) is 9.90 Å². The molecule has 0 bridgehead atoms. The molecule has 0 aliphatic carbocycles. The van der Waals surface area contributed by atoms with Crippen molar-refractivity contribution >= 4 is 5.97 Å². The fraction of sp³-hybridized carbons (Fsp3) is 0.462. The van der Waals surface area contributed by atoms with Gasteiger partial charge in [-0.3, -0.25) is 0 Å². The highest BCUT2D eigenvalue weighted by Gasteiger charge is 2.15. The lowest BCUT2D eigenvalue weighted by Crippen LogP contribution is -2.23. The molecule has 0 fully saturated rings. The maximum atomic E-state index is 11.3. The van der Waals surface area contributed by atoms with E-state index in [1.54, 1.807) is 0 Å². The summed E-state index contributed by atoms with van der Waals surface area (Å²) < 4.78 is 4.85. The molecule has 0 aromatic heterocycles. The molecular weight excluding hydrogens is 204 g/mol. The highest BCUT2D eigenvalue weighted by Crippen LogP contribution is 2.06. The number of hydrogen-bond acceptors (Lipinski definition) is 3. The first kappa shape index (κ1) is 12.7. The summed E-state index contributed by atoms with van der Waals surface area (Å²) in [5, 5.41) is 9.53. The quantitative estimate of drug-likeness (QED) is 0.748. The van der Waals surface area contributed by atoms with E-state index in [0.29, 0.717) is 19.4 Å². The van der Waals surface area contributed by atoms with Crippen molar-refractivity contribution in [3.63, 3.8) is 0 Å². The van der Waals surface area contributed by atoms with Crippen LogP contribution in [0.2, 0.25) is 0 Å². The van der Waals surface area contributed by atoms with Crippen LogP contribution in [0.15, 0.2) is 30.3 Å². The SMILES string of the molecule is CCCOC(=O)[C@@H](O)CCc1ccccc1. The van der Waals surface area contributed by atoms with Crippen molar-refractivity contribution in [3.8, 4) is 0 Å². The first-order chi connectivity index (χ1) is 7.74. The molecule has 0 saturated heterocycles. The molecule has 0 saturated carbocycles. The van der Waals surface area contributed by atoms with Crippen LogP contribution < -0.4 is 0 Å². The molecule has 0 amide bonds. The van der Waals surface area contributed by atoms with Crippen molar-refractivity contribution < 1.29 is 14.6 Å². The number of carbonyl (C=O) groups is 1. The minimum absolute atomic E-state index is 0.376. The number of aliphatic hydroxyl groups is 1. The third-order valence-electron chi connectivity index (χ3n) is 2.27. The van der Waals surface area contributed by atoms with E-state index < -0.39 is 12.1 Å². The molecule has 88 valence electrons. The van der Waals surface area contributed by atoms with Gasteiger partial charge in [0.15, 0.2) is 6.10 Å². The Kier molecular flexibility index (Phi) is 5.57. The van der Waals surface area contributed by atoms with Crippen LogP contribution in [-0.4, -0.2) is 23.8 Å². The predicted molar refractivity (Wildman–Crippen MR) is 62.0 cm³/mol. The molecule has 0 spiro atoms. The Morgan fingerprint density at radius 3 is 2.69 bits per heavy atom. The van der Waals surface area contributed by atoms with E-state index in [1.165, 1.54) is 0 Å². The fourth-order valence-electron chi connectivity index (χ4n) is 1.36. The summed E-state index contributed by atoms with van der Waals surface area (Å²) in [7, 11) is 0. The highest BCUT2D eigenvalue weighted by molar-refractivity contribution is 5.74. The Balaban J connectivity index is 2.29. The molecule has 0 unspecified atom stereocenters. The van der Waals surface area contributed by atoms with Crippen LogP contribution >= 0.6 is 0 Å².